The summed E-state index contributed by atoms with van der Waals surface area (Å²) >= 11 is 0. The first-order chi connectivity index (χ1) is 8.02. The van der Waals surface area contributed by atoms with Gasteiger partial charge < -0.3 is 14.7 Å². The van der Waals surface area contributed by atoms with E-state index in [2.05, 4.69) is 0 Å². The van der Waals surface area contributed by atoms with E-state index in [0.717, 1.165) is 19.5 Å². The maximum Gasteiger partial charge on any atom is 0.303 e. The van der Waals surface area contributed by atoms with Gasteiger partial charge in [0.25, 0.3) is 0 Å². The van der Waals surface area contributed by atoms with Crippen molar-refractivity contribution >= 4 is 11.9 Å². The topological polar surface area (TPSA) is 66.8 Å². The van der Waals surface area contributed by atoms with Crippen LogP contribution in [0.5, 0.6) is 0 Å². The smallest absolute Gasteiger partial charge is 0.303 e. The molecule has 1 aliphatic rings. The van der Waals surface area contributed by atoms with Crippen LogP contribution in [-0.4, -0.2) is 48.7 Å². The van der Waals surface area contributed by atoms with Crippen LogP contribution in [0.4, 0.5) is 0 Å². The fourth-order valence-electron chi connectivity index (χ4n) is 2.23. The number of nitrogens with zero attached hydrogens (tertiary/aromatic N) is 1. The van der Waals surface area contributed by atoms with Crippen molar-refractivity contribution in [2.45, 2.75) is 26.2 Å². The van der Waals surface area contributed by atoms with Crippen LogP contribution in [0, 0.1) is 11.8 Å². The second-order valence-electron chi connectivity index (χ2n) is 4.86. The van der Waals surface area contributed by atoms with Crippen molar-refractivity contribution in [1.29, 1.82) is 0 Å². The minimum atomic E-state index is -0.844. The molecular formula is C12H21NO4. The molecule has 0 aromatic rings. The van der Waals surface area contributed by atoms with Gasteiger partial charge in [-0.25, -0.2) is 0 Å². The number of carboxylic acid groups (broad SMARTS) is 1. The summed E-state index contributed by atoms with van der Waals surface area (Å²) in [7, 11) is 1.67. The number of carbonyl (C=O) groups is 2. The van der Waals surface area contributed by atoms with E-state index >= 15 is 0 Å². The van der Waals surface area contributed by atoms with Gasteiger partial charge in [-0.1, -0.05) is 6.92 Å². The molecule has 0 aromatic heterocycles. The molecule has 0 spiro atoms. The van der Waals surface area contributed by atoms with Crippen LogP contribution in [0.3, 0.4) is 0 Å². The average Bonchev–Trinajstić information content (AvgIpc) is 2.65. The number of hydrogen-bond donors (Lipinski definition) is 1. The summed E-state index contributed by atoms with van der Waals surface area (Å²) in [5.74, 6) is -0.443. The van der Waals surface area contributed by atoms with Gasteiger partial charge in [0.15, 0.2) is 0 Å². The lowest BCUT2D eigenvalue weighted by Crippen LogP contribution is -2.30. The number of hydrogen-bond acceptors (Lipinski definition) is 3. The third-order valence-corrected chi connectivity index (χ3v) is 3.09. The second kappa shape index (κ2) is 6.59. The Bertz CT molecular complexity index is 280. The Morgan fingerprint density at radius 3 is 2.76 bits per heavy atom. The molecular weight excluding hydrogens is 222 g/mol. The molecule has 0 aromatic carbocycles. The first kappa shape index (κ1) is 14.0. The summed E-state index contributed by atoms with van der Waals surface area (Å²) in [5, 5.41) is 8.63. The summed E-state index contributed by atoms with van der Waals surface area (Å²) < 4.78 is 5.07. The highest BCUT2D eigenvalue weighted by Crippen LogP contribution is 2.19. The lowest BCUT2D eigenvalue weighted by Gasteiger charge is -2.18. The zero-order chi connectivity index (χ0) is 12.8. The first-order valence-electron chi connectivity index (χ1n) is 6.01. The molecule has 0 saturated carbocycles. The molecule has 98 valence electrons. The third-order valence-electron chi connectivity index (χ3n) is 3.09. The SMILES string of the molecule is COCC1CCN(C(=O)CC(C)CC(=O)O)C1. The Morgan fingerprint density at radius 2 is 2.18 bits per heavy atom. The van der Waals surface area contributed by atoms with E-state index in [4.69, 9.17) is 9.84 Å². The molecule has 1 amide bonds. The molecule has 17 heavy (non-hydrogen) atoms. The van der Waals surface area contributed by atoms with Crippen molar-refractivity contribution in [2.75, 3.05) is 26.8 Å². The molecule has 0 radical (unpaired) electrons. The molecule has 5 nitrogen and oxygen atoms in total. The summed E-state index contributed by atoms with van der Waals surface area (Å²) in [6.45, 7) is 4.00. The van der Waals surface area contributed by atoms with Crippen LogP contribution >= 0.6 is 0 Å². The van der Waals surface area contributed by atoms with E-state index in [1.165, 1.54) is 0 Å². The monoisotopic (exact) mass is 243 g/mol. The minimum Gasteiger partial charge on any atom is -0.481 e. The fourth-order valence-corrected chi connectivity index (χ4v) is 2.23. The zero-order valence-electron chi connectivity index (χ0n) is 10.5. The van der Waals surface area contributed by atoms with E-state index < -0.39 is 5.97 Å². The summed E-state index contributed by atoms with van der Waals surface area (Å²) in [4.78, 5) is 24.2. The molecule has 0 aliphatic carbocycles. The Balaban J connectivity index is 2.31. The summed E-state index contributed by atoms with van der Waals surface area (Å²) in [5.41, 5.74) is 0. The molecule has 1 N–H and O–H groups in total. The highest BCUT2D eigenvalue weighted by Gasteiger charge is 2.27. The lowest BCUT2D eigenvalue weighted by molar-refractivity contribution is -0.138. The molecule has 1 fully saturated rings. The zero-order valence-corrected chi connectivity index (χ0v) is 10.5. The standard InChI is InChI=1S/C12H21NO4/c1-9(6-12(15)16)5-11(14)13-4-3-10(7-13)8-17-2/h9-10H,3-8H2,1-2H3,(H,15,16). The van der Waals surface area contributed by atoms with Crippen molar-refractivity contribution in [3.05, 3.63) is 0 Å². The number of methoxy groups -OCH3 is 1. The maximum absolute atomic E-state index is 11.9. The van der Waals surface area contributed by atoms with Crippen molar-refractivity contribution < 1.29 is 19.4 Å². The number of ether oxygens (including phenoxy) is 1. The van der Waals surface area contributed by atoms with Crippen molar-refractivity contribution in [2.24, 2.45) is 11.8 Å². The molecule has 1 rings (SSSR count). The van der Waals surface area contributed by atoms with E-state index in [-0.39, 0.29) is 18.2 Å². The van der Waals surface area contributed by atoms with Gasteiger partial charge in [0.05, 0.1) is 6.61 Å². The van der Waals surface area contributed by atoms with E-state index in [0.29, 0.717) is 18.9 Å². The number of amides is 1. The van der Waals surface area contributed by atoms with E-state index in [1.54, 1.807) is 14.0 Å². The van der Waals surface area contributed by atoms with E-state index in [9.17, 15) is 9.59 Å². The van der Waals surface area contributed by atoms with Gasteiger partial charge >= 0.3 is 5.97 Å². The van der Waals surface area contributed by atoms with Crippen molar-refractivity contribution in [3.63, 3.8) is 0 Å². The quantitative estimate of drug-likeness (QED) is 0.755. The normalized spacial score (nSPS) is 21.5. The van der Waals surface area contributed by atoms with Gasteiger partial charge in [-0.3, -0.25) is 9.59 Å². The average molecular weight is 243 g/mol. The van der Waals surface area contributed by atoms with Crippen LogP contribution in [0.1, 0.15) is 26.2 Å². The molecule has 0 bridgehead atoms. The number of carbonyl (C=O) groups excluding carboxylic acids is 1. The van der Waals surface area contributed by atoms with Crippen LogP contribution in [0.25, 0.3) is 0 Å². The third kappa shape index (κ3) is 4.73. The van der Waals surface area contributed by atoms with Gasteiger partial charge in [-0.15, -0.1) is 0 Å². The Kier molecular flexibility index (Phi) is 5.41. The van der Waals surface area contributed by atoms with Gasteiger partial charge in [-0.05, 0) is 12.3 Å². The molecule has 1 saturated heterocycles. The fraction of sp³-hybridized carbons (Fsp3) is 0.833. The Morgan fingerprint density at radius 1 is 1.47 bits per heavy atom. The van der Waals surface area contributed by atoms with Crippen molar-refractivity contribution in [3.8, 4) is 0 Å². The van der Waals surface area contributed by atoms with E-state index in [1.807, 2.05) is 4.90 Å². The first-order valence-corrected chi connectivity index (χ1v) is 6.01. The molecule has 2 atom stereocenters. The predicted octanol–water partition coefficient (Wildman–Crippen LogP) is 0.982. The largest absolute Gasteiger partial charge is 0.481 e. The molecule has 1 heterocycles. The van der Waals surface area contributed by atoms with Crippen LogP contribution in [0.15, 0.2) is 0 Å². The Labute approximate surface area is 102 Å². The van der Waals surface area contributed by atoms with Crippen LogP contribution < -0.4 is 0 Å². The lowest BCUT2D eigenvalue weighted by atomic mass is 10.0. The Hall–Kier alpha value is -1.10. The highest BCUT2D eigenvalue weighted by atomic mass is 16.5. The number of likely N-dealkylation sites (tertiary alicyclic amines) is 1. The predicted molar refractivity (Wildman–Crippen MR) is 62.6 cm³/mol. The van der Waals surface area contributed by atoms with Gasteiger partial charge in [0.2, 0.25) is 5.91 Å². The molecule has 1 aliphatic heterocycles. The summed E-state index contributed by atoms with van der Waals surface area (Å²) in [6, 6.07) is 0. The van der Waals surface area contributed by atoms with Crippen LogP contribution in [0.2, 0.25) is 0 Å². The number of carboxylic acids is 1. The summed E-state index contributed by atoms with van der Waals surface area (Å²) in [6.07, 6.45) is 1.36. The van der Waals surface area contributed by atoms with Gasteiger partial charge in [-0.2, -0.15) is 0 Å². The van der Waals surface area contributed by atoms with Crippen LogP contribution in [-0.2, 0) is 14.3 Å². The second-order valence-corrected chi connectivity index (χ2v) is 4.86. The highest BCUT2D eigenvalue weighted by molar-refractivity contribution is 5.77. The molecule has 2 unspecified atom stereocenters. The number of rotatable bonds is 6. The molecule has 5 heteroatoms. The van der Waals surface area contributed by atoms with Crippen molar-refractivity contribution in [1.82, 2.24) is 4.90 Å². The van der Waals surface area contributed by atoms with Gasteiger partial charge in [0, 0.05) is 39.0 Å². The van der Waals surface area contributed by atoms with Gasteiger partial charge in [0.1, 0.15) is 0 Å². The number of aliphatic carboxylic acids is 1. The maximum atomic E-state index is 11.9. The minimum absolute atomic E-state index is 0.0566.